The third kappa shape index (κ3) is 2.53. The van der Waals surface area contributed by atoms with Crippen molar-refractivity contribution in [1.82, 2.24) is 9.55 Å². The van der Waals surface area contributed by atoms with E-state index in [-0.39, 0.29) is 22.5 Å². The van der Waals surface area contributed by atoms with E-state index in [4.69, 9.17) is 23.2 Å². The molecule has 0 atom stereocenters. The van der Waals surface area contributed by atoms with E-state index < -0.39 is 17.1 Å². The number of rotatable bonds is 2. The Morgan fingerprint density at radius 3 is 2.41 bits per heavy atom. The van der Waals surface area contributed by atoms with E-state index in [1.807, 2.05) is 0 Å². The van der Waals surface area contributed by atoms with E-state index in [1.54, 1.807) is 24.3 Å². The fourth-order valence-electron chi connectivity index (χ4n) is 2.18. The van der Waals surface area contributed by atoms with Gasteiger partial charge in [-0.15, -0.1) is 0 Å². The van der Waals surface area contributed by atoms with E-state index in [2.05, 4.69) is 4.98 Å². The van der Waals surface area contributed by atoms with Crippen LogP contribution >= 0.6 is 23.2 Å². The van der Waals surface area contributed by atoms with Crippen LogP contribution < -0.4 is 11.2 Å². The van der Waals surface area contributed by atoms with Crippen molar-refractivity contribution < 1.29 is 4.39 Å². The first kappa shape index (κ1) is 14.8. The molecular formula is C15H9Cl2FN2O2. The van der Waals surface area contributed by atoms with Gasteiger partial charge < -0.3 is 4.98 Å². The summed E-state index contributed by atoms with van der Waals surface area (Å²) in [5.74, 6) is -0.813. The van der Waals surface area contributed by atoms with E-state index in [0.717, 1.165) is 10.1 Å². The second-order valence-electron chi connectivity index (χ2n) is 4.73. The fraction of sp³-hybridized carbons (Fsp3) is 0.0667. The van der Waals surface area contributed by atoms with Crippen LogP contribution in [0.1, 0.15) is 5.56 Å². The Morgan fingerprint density at radius 1 is 1.05 bits per heavy atom. The molecule has 0 aliphatic carbocycles. The van der Waals surface area contributed by atoms with Crippen molar-refractivity contribution in [2.45, 2.75) is 6.54 Å². The molecule has 0 aliphatic rings. The topological polar surface area (TPSA) is 54.9 Å². The van der Waals surface area contributed by atoms with E-state index >= 15 is 0 Å². The summed E-state index contributed by atoms with van der Waals surface area (Å²) in [5, 5.41) is 0.466. The number of nitrogens with one attached hydrogen (secondary N) is 1. The molecule has 0 spiro atoms. The standard InChI is InChI=1S/C15H9Cl2FN2O2/c16-9-3-1-8(2-4-9)7-20-14(21)10-5-6-11(17)12(18)13(10)19-15(20)22/h1-6H,7H2,(H,19,22). The number of nitrogens with zero attached hydrogens (tertiary/aromatic N) is 1. The first-order valence-corrected chi connectivity index (χ1v) is 7.08. The largest absolute Gasteiger partial charge is 0.329 e. The first-order valence-electron chi connectivity index (χ1n) is 6.32. The molecule has 0 saturated carbocycles. The van der Waals surface area contributed by atoms with Crippen molar-refractivity contribution in [2.24, 2.45) is 0 Å². The van der Waals surface area contributed by atoms with Gasteiger partial charge in [-0.25, -0.2) is 9.18 Å². The molecule has 112 valence electrons. The maximum Gasteiger partial charge on any atom is 0.329 e. The normalized spacial score (nSPS) is 11.0. The monoisotopic (exact) mass is 338 g/mol. The zero-order valence-electron chi connectivity index (χ0n) is 11.1. The Morgan fingerprint density at radius 2 is 1.73 bits per heavy atom. The Bertz CT molecular complexity index is 978. The zero-order valence-corrected chi connectivity index (χ0v) is 12.6. The second kappa shape index (κ2) is 5.59. The van der Waals surface area contributed by atoms with Crippen LogP contribution in [0.3, 0.4) is 0 Å². The van der Waals surface area contributed by atoms with Gasteiger partial charge in [0, 0.05) is 5.02 Å². The minimum atomic E-state index is -0.813. The van der Waals surface area contributed by atoms with Gasteiger partial charge in [0.15, 0.2) is 5.82 Å². The quantitative estimate of drug-likeness (QED) is 0.780. The van der Waals surface area contributed by atoms with Crippen LogP contribution in [0.25, 0.3) is 10.9 Å². The molecule has 3 aromatic rings. The zero-order chi connectivity index (χ0) is 15.9. The van der Waals surface area contributed by atoms with Crippen LogP contribution in [0, 0.1) is 5.82 Å². The van der Waals surface area contributed by atoms with Crippen molar-refractivity contribution in [3.63, 3.8) is 0 Å². The van der Waals surface area contributed by atoms with Crippen molar-refractivity contribution in [1.29, 1.82) is 0 Å². The summed E-state index contributed by atoms with van der Waals surface area (Å²) in [6.45, 7) is 0.0610. The summed E-state index contributed by atoms with van der Waals surface area (Å²) in [6.07, 6.45) is 0. The summed E-state index contributed by atoms with van der Waals surface area (Å²) in [6, 6.07) is 9.41. The fourth-order valence-corrected chi connectivity index (χ4v) is 2.46. The average Bonchev–Trinajstić information content (AvgIpc) is 2.50. The lowest BCUT2D eigenvalue weighted by Gasteiger charge is -2.07. The highest BCUT2D eigenvalue weighted by molar-refractivity contribution is 6.31. The molecule has 0 amide bonds. The van der Waals surface area contributed by atoms with Gasteiger partial charge in [0.25, 0.3) is 5.56 Å². The van der Waals surface area contributed by atoms with Crippen molar-refractivity contribution >= 4 is 34.1 Å². The maximum absolute atomic E-state index is 13.9. The van der Waals surface area contributed by atoms with Crippen LogP contribution in [-0.2, 0) is 6.54 Å². The molecule has 0 radical (unpaired) electrons. The molecule has 0 saturated heterocycles. The number of halogens is 3. The van der Waals surface area contributed by atoms with Gasteiger partial charge in [-0.1, -0.05) is 35.3 Å². The highest BCUT2D eigenvalue weighted by Gasteiger charge is 2.13. The van der Waals surface area contributed by atoms with Crippen molar-refractivity contribution in [2.75, 3.05) is 0 Å². The minimum Gasteiger partial charge on any atom is -0.304 e. The maximum atomic E-state index is 13.9. The van der Waals surface area contributed by atoms with E-state index in [1.165, 1.54) is 12.1 Å². The van der Waals surface area contributed by atoms with Crippen LogP contribution in [0.15, 0.2) is 46.0 Å². The molecule has 3 rings (SSSR count). The van der Waals surface area contributed by atoms with Gasteiger partial charge >= 0.3 is 5.69 Å². The summed E-state index contributed by atoms with van der Waals surface area (Å²) in [4.78, 5) is 26.8. The molecule has 0 aliphatic heterocycles. The highest BCUT2D eigenvalue weighted by Crippen LogP contribution is 2.20. The summed E-state index contributed by atoms with van der Waals surface area (Å²) < 4.78 is 14.9. The number of fused-ring (bicyclic) bond motifs is 1. The molecule has 2 aromatic carbocycles. The molecule has 0 unspecified atom stereocenters. The Kier molecular flexibility index (Phi) is 3.76. The van der Waals surface area contributed by atoms with Crippen LogP contribution in [0.5, 0.6) is 0 Å². The lowest BCUT2D eigenvalue weighted by Crippen LogP contribution is -2.35. The minimum absolute atomic E-state index is 0.0610. The molecule has 0 fully saturated rings. The molecule has 1 N–H and O–H groups in total. The first-order chi connectivity index (χ1) is 10.5. The third-order valence-corrected chi connectivity index (χ3v) is 3.85. The SMILES string of the molecule is O=c1[nH]c2c(F)c(Cl)ccc2c(=O)n1Cc1ccc(Cl)cc1. The summed E-state index contributed by atoms with van der Waals surface area (Å²) in [7, 11) is 0. The van der Waals surface area contributed by atoms with Crippen molar-refractivity contribution in [3.8, 4) is 0 Å². The number of H-pyrrole nitrogens is 1. The van der Waals surface area contributed by atoms with Gasteiger partial charge in [-0.2, -0.15) is 0 Å². The average molecular weight is 339 g/mol. The molecule has 22 heavy (non-hydrogen) atoms. The summed E-state index contributed by atoms with van der Waals surface area (Å²) >= 11 is 11.5. The van der Waals surface area contributed by atoms with Gasteiger partial charge in [-0.3, -0.25) is 9.36 Å². The van der Waals surface area contributed by atoms with Gasteiger partial charge in [0.05, 0.1) is 22.5 Å². The van der Waals surface area contributed by atoms with Crippen LogP contribution in [0.2, 0.25) is 10.0 Å². The van der Waals surface area contributed by atoms with Gasteiger partial charge in [0.2, 0.25) is 0 Å². The van der Waals surface area contributed by atoms with Crippen molar-refractivity contribution in [3.05, 3.63) is 78.7 Å². The number of hydrogen-bond acceptors (Lipinski definition) is 2. The molecule has 4 nitrogen and oxygen atoms in total. The Labute approximate surface area is 133 Å². The van der Waals surface area contributed by atoms with E-state index in [9.17, 15) is 14.0 Å². The molecule has 7 heteroatoms. The predicted octanol–water partition coefficient (Wildman–Crippen LogP) is 3.18. The number of aromatic nitrogens is 2. The number of hydrogen-bond donors (Lipinski definition) is 1. The molecule has 1 aromatic heterocycles. The lowest BCUT2D eigenvalue weighted by atomic mass is 10.2. The Hall–Kier alpha value is -2.11. The summed E-state index contributed by atoms with van der Waals surface area (Å²) in [5.41, 5.74) is -0.737. The highest BCUT2D eigenvalue weighted by atomic mass is 35.5. The molecular weight excluding hydrogens is 330 g/mol. The third-order valence-electron chi connectivity index (χ3n) is 3.30. The van der Waals surface area contributed by atoms with Crippen LogP contribution in [0.4, 0.5) is 4.39 Å². The molecule has 0 bridgehead atoms. The van der Waals surface area contributed by atoms with E-state index in [0.29, 0.717) is 5.02 Å². The Balaban J connectivity index is 2.19. The number of aromatic amines is 1. The van der Waals surface area contributed by atoms with Crippen LogP contribution in [-0.4, -0.2) is 9.55 Å². The number of benzene rings is 2. The van der Waals surface area contributed by atoms with Gasteiger partial charge in [0.1, 0.15) is 0 Å². The smallest absolute Gasteiger partial charge is 0.304 e. The van der Waals surface area contributed by atoms with Gasteiger partial charge in [-0.05, 0) is 29.8 Å². The predicted molar refractivity (Wildman–Crippen MR) is 84.4 cm³/mol. The second-order valence-corrected chi connectivity index (χ2v) is 5.58. The molecule has 1 heterocycles. The lowest BCUT2D eigenvalue weighted by molar-refractivity contribution is 0.632.